The molecule has 62 valence electrons. The van der Waals surface area contributed by atoms with Crippen LogP contribution in [0.1, 0.15) is 47.0 Å². The first-order chi connectivity index (χ1) is 4.48. The fraction of sp³-hybridized carbons (Fsp3) is 1.00. The molecule has 0 aliphatic heterocycles. The molecule has 0 fully saturated rings. The molecule has 0 saturated carbocycles. The molecule has 0 saturated heterocycles. The summed E-state index contributed by atoms with van der Waals surface area (Å²) in [7, 11) is 0. The molecule has 0 aliphatic rings. The molecule has 0 aromatic heterocycles. The van der Waals surface area contributed by atoms with Crippen LogP contribution in [0.15, 0.2) is 0 Å². The maximum atomic E-state index is 3.71. The van der Waals surface area contributed by atoms with Crippen molar-refractivity contribution in [2.45, 2.75) is 51.3 Å². The second-order valence-corrected chi connectivity index (χ2v) is 5.61. The number of rotatable bonds is 4. The lowest BCUT2D eigenvalue weighted by Gasteiger charge is -2.20. The Labute approximate surface area is 73.5 Å². The molecule has 0 nitrogen and oxygen atoms in total. The lowest BCUT2D eigenvalue weighted by Crippen LogP contribution is -2.14. The molecule has 0 rings (SSSR count). The highest BCUT2D eigenvalue weighted by Gasteiger charge is 2.16. The van der Waals surface area contributed by atoms with E-state index in [-0.39, 0.29) is 0 Å². The summed E-state index contributed by atoms with van der Waals surface area (Å²) >= 11 is 3.71. The van der Waals surface area contributed by atoms with Gasteiger partial charge in [0.15, 0.2) is 0 Å². The lowest BCUT2D eigenvalue weighted by atomic mass is 9.97. The average Bonchev–Trinajstić information content (AvgIpc) is 1.85. The molecule has 0 aliphatic carbocycles. The highest BCUT2D eigenvalue weighted by Crippen LogP contribution is 2.28. The molecule has 0 heterocycles. The van der Waals surface area contributed by atoms with Gasteiger partial charge in [-0.1, -0.05) is 36.7 Å². The van der Waals surface area contributed by atoms with Crippen LogP contribution >= 0.6 is 15.9 Å². The van der Waals surface area contributed by atoms with E-state index in [1.807, 2.05) is 0 Å². The van der Waals surface area contributed by atoms with E-state index in [1.54, 1.807) is 0 Å². The van der Waals surface area contributed by atoms with Gasteiger partial charge in [-0.15, -0.1) is 0 Å². The van der Waals surface area contributed by atoms with Crippen LogP contribution in [0, 0.1) is 5.92 Å². The fourth-order valence-corrected chi connectivity index (χ4v) is 0.995. The van der Waals surface area contributed by atoms with Crippen molar-refractivity contribution in [2.75, 3.05) is 0 Å². The van der Waals surface area contributed by atoms with Crippen LogP contribution in [-0.2, 0) is 0 Å². The quantitative estimate of drug-likeness (QED) is 0.611. The van der Waals surface area contributed by atoms with E-state index in [9.17, 15) is 0 Å². The van der Waals surface area contributed by atoms with E-state index in [0.29, 0.717) is 4.32 Å². The number of alkyl halides is 1. The van der Waals surface area contributed by atoms with Crippen LogP contribution in [0.5, 0.6) is 0 Å². The van der Waals surface area contributed by atoms with Crippen molar-refractivity contribution in [1.82, 2.24) is 0 Å². The third-order valence-corrected chi connectivity index (χ3v) is 2.94. The second-order valence-electron chi connectivity index (χ2n) is 3.70. The average molecular weight is 207 g/mol. The van der Waals surface area contributed by atoms with Crippen molar-refractivity contribution in [1.29, 1.82) is 0 Å². The zero-order valence-electron chi connectivity index (χ0n) is 7.58. The molecule has 1 atom stereocenters. The Balaban J connectivity index is 3.46. The third kappa shape index (κ3) is 5.28. The topological polar surface area (TPSA) is 0 Å². The molecule has 0 bridgehead atoms. The molecule has 0 spiro atoms. The summed E-state index contributed by atoms with van der Waals surface area (Å²) in [5.74, 6) is 0.837. The van der Waals surface area contributed by atoms with Gasteiger partial charge in [-0.25, -0.2) is 0 Å². The van der Waals surface area contributed by atoms with Gasteiger partial charge >= 0.3 is 0 Å². The van der Waals surface area contributed by atoms with Gasteiger partial charge in [0.2, 0.25) is 0 Å². The minimum absolute atomic E-state index is 0.386. The monoisotopic (exact) mass is 206 g/mol. The maximum Gasteiger partial charge on any atom is 0.0227 e. The van der Waals surface area contributed by atoms with Crippen molar-refractivity contribution in [3.05, 3.63) is 0 Å². The fourth-order valence-electron chi connectivity index (χ4n) is 0.766. The van der Waals surface area contributed by atoms with Crippen molar-refractivity contribution < 1.29 is 0 Å². The van der Waals surface area contributed by atoms with Gasteiger partial charge in [0.25, 0.3) is 0 Å². The van der Waals surface area contributed by atoms with E-state index in [1.165, 1.54) is 19.3 Å². The molecule has 0 amide bonds. The first-order valence-electron chi connectivity index (χ1n) is 4.17. The third-order valence-electron chi connectivity index (χ3n) is 1.98. The normalized spacial score (nSPS) is 17.4. The van der Waals surface area contributed by atoms with E-state index >= 15 is 0 Å². The van der Waals surface area contributed by atoms with Crippen LogP contribution in [0.25, 0.3) is 0 Å². The SMILES string of the molecule is CCC(C)(Br)CCC(C)C. The highest BCUT2D eigenvalue weighted by molar-refractivity contribution is 9.10. The molecule has 0 radical (unpaired) electrons. The first kappa shape index (κ1) is 10.5. The van der Waals surface area contributed by atoms with Gasteiger partial charge in [-0.3, -0.25) is 0 Å². The van der Waals surface area contributed by atoms with E-state index in [4.69, 9.17) is 0 Å². The Morgan fingerprint density at radius 3 is 2.20 bits per heavy atom. The van der Waals surface area contributed by atoms with Crippen LogP contribution in [0.3, 0.4) is 0 Å². The van der Waals surface area contributed by atoms with Gasteiger partial charge in [-0.2, -0.15) is 0 Å². The van der Waals surface area contributed by atoms with Gasteiger partial charge in [0, 0.05) is 4.32 Å². The summed E-state index contributed by atoms with van der Waals surface area (Å²) < 4.78 is 0.386. The van der Waals surface area contributed by atoms with E-state index in [0.717, 1.165) is 5.92 Å². The Bertz CT molecular complexity index is 84.7. The van der Waals surface area contributed by atoms with E-state index < -0.39 is 0 Å². The van der Waals surface area contributed by atoms with Crippen molar-refractivity contribution >= 4 is 15.9 Å². The Hall–Kier alpha value is 0.480. The molecule has 10 heavy (non-hydrogen) atoms. The Morgan fingerprint density at radius 1 is 1.40 bits per heavy atom. The van der Waals surface area contributed by atoms with Crippen LogP contribution < -0.4 is 0 Å². The highest BCUT2D eigenvalue weighted by atomic mass is 79.9. The van der Waals surface area contributed by atoms with Crippen molar-refractivity contribution in [3.63, 3.8) is 0 Å². The first-order valence-corrected chi connectivity index (χ1v) is 4.96. The molecular weight excluding hydrogens is 188 g/mol. The Morgan fingerprint density at radius 2 is 1.90 bits per heavy atom. The van der Waals surface area contributed by atoms with Crippen LogP contribution in [-0.4, -0.2) is 4.32 Å². The minimum Gasteiger partial charge on any atom is -0.0856 e. The molecule has 1 heteroatoms. The smallest absolute Gasteiger partial charge is 0.0227 e. The standard InChI is InChI=1S/C9H19Br/c1-5-9(4,10)7-6-8(2)3/h8H,5-7H2,1-4H3. The molecule has 0 N–H and O–H groups in total. The number of halogens is 1. The van der Waals surface area contributed by atoms with Crippen molar-refractivity contribution in [2.24, 2.45) is 5.92 Å². The van der Waals surface area contributed by atoms with Crippen LogP contribution in [0.2, 0.25) is 0 Å². The van der Waals surface area contributed by atoms with E-state index in [2.05, 4.69) is 43.6 Å². The van der Waals surface area contributed by atoms with Crippen LogP contribution in [0.4, 0.5) is 0 Å². The zero-order chi connectivity index (χ0) is 8.20. The molecule has 1 unspecified atom stereocenters. The second kappa shape index (κ2) is 4.38. The maximum absolute atomic E-state index is 3.71. The Kier molecular flexibility index (Phi) is 4.59. The van der Waals surface area contributed by atoms with Gasteiger partial charge in [0.05, 0.1) is 0 Å². The summed E-state index contributed by atoms with van der Waals surface area (Å²) in [5.41, 5.74) is 0. The lowest BCUT2D eigenvalue weighted by molar-refractivity contribution is 0.480. The summed E-state index contributed by atoms with van der Waals surface area (Å²) in [5, 5.41) is 0. The van der Waals surface area contributed by atoms with Gasteiger partial charge < -0.3 is 0 Å². The number of hydrogen-bond acceptors (Lipinski definition) is 0. The zero-order valence-corrected chi connectivity index (χ0v) is 9.16. The predicted molar refractivity (Wildman–Crippen MR) is 51.7 cm³/mol. The number of hydrogen-bond donors (Lipinski definition) is 0. The van der Waals surface area contributed by atoms with Crippen molar-refractivity contribution in [3.8, 4) is 0 Å². The summed E-state index contributed by atoms with van der Waals surface area (Å²) in [4.78, 5) is 0. The molecule has 0 aromatic rings. The summed E-state index contributed by atoms with van der Waals surface area (Å²) in [6.45, 7) is 9.06. The predicted octanol–water partition coefficient (Wildman–Crippen LogP) is 3.99. The van der Waals surface area contributed by atoms with Gasteiger partial charge in [0.1, 0.15) is 0 Å². The summed E-state index contributed by atoms with van der Waals surface area (Å²) in [6.07, 6.45) is 3.84. The molecule has 0 aromatic carbocycles. The van der Waals surface area contributed by atoms with Gasteiger partial charge in [-0.05, 0) is 32.1 Å². The minimum atomic E-state index is 0.386. The summed E-state index contributed by atoms with van der Waals surface area (Å²) in [6, 6.07) is 0. The molecular formula is C9H19Br. The largest absolute Gasteiger partial charge is 0.0856 e.